The Bertz CT molecular complexity index is 368. The maximum atomic E-state index is 13.4. The Morgan fingerprint density at radius 3 is 2.94 bits per heavy atom. The number of nitrogens with one attached hydrogen (secondary N) is 2. The number of halogens is 2. The van der Waals surface area contributed by atoms with E-state index in [1.54, 1.807) is 6.20 Å². The van der Waals surface area contributed by atoms with Crippen LogP contribution in [0.5, 0.6) is 0 Å². The minimum absolute atomic E-state index is 0.320. The largest absolute Gasteiger partial charge is 0.366 e. The highest BCUT2D eigenvalue weighted by atomic mass is 79.9. The van der Waals surface area contributed by atoms with Crippen LogP contribution in [-0.4, -0.2) is 49.2 Å². The van der Waals surface area contributed by atoms with Gasteiger partial charge in [-0.3, -0.25) is 4.90 Å². The third kappa shape index (κ3) is 3.90. The van der Waals surface area contributed by atoms with Crippen LogP contribution in [0.4, 0.5) is 10.2 Å². The zero-order valence-corrected chi connectivity index (χ0v) is 11.1. The van der Waals surface area contributed by atoms with Crippen LogP contribution in [0.1, 0.15) is 0 Å². The molecule has 1 aliphatic rings. The molecule has 0 unspecified atom stereocenters. The Labute approximate surface area is 109 Å². The first-order chi connectivity index (χ1) is 8.25. The van der Waals surface area contributed by atoms with Crippen molar-refractivity contribution in [3.05, 3.63) is 22.6 Å². The molecule has 0 amide bonds. The zero-order chi connectivity index (χ0) is 12.1. The molecule has 4 nitrogen and oxygen atoms in total. The van der Waals surface area contributed by atoms with Gasteiger partial charge in [0.15, 0.2) is 11.6 Å². The molecule has 0 radical (unpaired) electrons. The maximum Gasteiger partial charge on any atom is 0.166 e. The van der Waals surface area contributed by atoms with Crippen molar-refractivity contribution in [1.82, 2.24) is 15.2 Å². The number of aromatic nitrogens is 1. The van der Waals surface area contributed by atoms with Crippen LogP contribution < -0.4 is 10.6 Å². The van der Waals surface area contributed by atoms with Gasteiger partial charge in [-0.1, -0.05) is 0 Å². The molecule has 1 aromatic heterocycles. The topological polar surface area (TPSA) is 40.2 Å². The fourth-order valence-corrected chi connectivity index (χ4v) is 2.12. The normalized spacial score (nSPS) is 17.1. The number of anilines is 1. The summed E-state index contributed by atoms with van der Waals surface area (Å²) in [6.45, 7) is 5.80. The molecule has 2 heterocycles. The van der Waals surface area contributed by atoms with Crippen molar-refractivity contribution in [2.75, 3.05) is 44.6 Å². The average molecular weight is 303 g/mol. The predicted octanol–water partition coefficient (Wildman–Crippen LogP) is 1.30. The highest BCUT2D eigenvalue weighted by molar-refractivity contribution is 9.10. The summed E-state index contributed by atoms with van der Waals surface area (Å²) in [5.74, 6) is 0.00280. The van der Waals surface area contributed by atoms with Gasteiger partial charge in [0, 0.05) is 49.9 Å². The molecular formula is C11H16BrFN4. The molecule has 0 bridgehead atoms. The molecule has 0 atom stereocenters. The van der Waals surface area contributed by atoms with Gasteiger partial charge in [-0.2, -0.15) is 0 Å². The fraction of sp³-hybridized carbons (Fsp3) is 0.545. The Balaban J connectivity index is 1.77. The van der Waals surface area contributed by atoms with E-state index >= 15 is 0 Å². The minimum atomic E-state index is -0.320. The standard InChI is InChI=1S/C11H16BrFN4/c12-9-7-10(13)11(16-8-9)15-3-6-17-4-1-14-2-5-17/h7-8,14H,1-6H2,(H,15,16). The molecule has 2 rings (SSSR count). The SMILES string of the molecule is Fc1cc(Br)cnc1NCCN1CCNCC1. The Morgan fingerprint density at radius 2 is 2.24 bits per heavy atom. The van der Waals surface area contributed by atoms with Gasteiger partial charge in [-0.25, -0.2) is 9.37 Å². The molecule has 1 aliphatic heterocycles. The Morgan fingerprint density at radius 1 is 1.47 bits per heavy atom. The van der Waals surface area contributed by atoms with E-state index in [1.807, 2.05) is 0 Å². The summed E-state index contributed by atoms with van der Waals surface area (Å²) < 4.78 is 14.1. The van der Waals surface area contributed by atoms with Crippen LogP contribution in [0.3, 0.4) is 0 Å². The molecule has 6 heteroatoms. The van der Waals surface area contributed by atoms with Crippen LogP contribution in [-0.2, 0) is 0 Å². The van der Waals surface area contributed by atoms with Gasteiger partial charge in [-0.05, 0) is 22.0 Å². The van der Waals surface area contributed by atoms with E-state index in [-0.39, 0.29) is 5.82 Å². The van der Waals surface area contributed by atoms with Crippen molar-refractivity contribution in [1.29, 1.82) is 0 Å². The van der Waals surface area contributed by atoms with Crippen LogP contribution in [0.2, 0.25) is 0 Å². The summed E-state index contributed by atoms with van der Waals surface area (Å²) in [7, 11) is 0. The molecule has 1 aromatic rings. The van der Waals surface area contributed by atoms with E-state index in [0.29, 0.717) is 16.8 Å². The average Bonchev–Trinajstić information content (AvgIpc) is 2.33. The van der Waals surface area contributed by atoms with E-state index < -0.39 is 0 Å². The van der Waals surface area contributed by atoms with Crippen molar-refractivity contribution in [3.8, 4) is 0 Å². The van der Waals surface area contributed by atoms with Crippen molar-refractivity contribution in [3.63, 3.8) is 0 Å². The molecule has 0 aromatic carbocycles. The quantitative estimate of drug-likeness (QED) is 0.880. The predicted molar refractivity (Wildman–Crippen MR) is 69.7 cm³/mol. The highest BCUT2D eigenvalue weighted by Crippen LogP contribution is 2.15. The number of pyridine rings is 1. The summed E-state index contributed by atoms with van der Waals surface area (Å²) in [6, 6.07) is 1.42. The lowest BCUT2D eigenvalue weighted by molar-refractivity contribution is 0.249. The van der Waals surface area contributed by atoms with Crippen molar-refractivity contribution in [2.45, 2.75) is 0 Å². The van der Waals surface area contributed by atoms with E-state index in [2.05, 4.69) is 36.4 Å². The maximum absolute atomic E-state index is 13.4. The number of hydrogen-bond donors (Lipinski definition) is 2. The molecule has 1 saturated heterocycles. The van der Waals surface area contributed by atoms with E-state index in [0.717, 1.165) is 32.7 Å². The summed E-state index contributed by atoms with van der Waals surface area (Å²) in [5.41, 5.74) is 0. The lowest BCUT2D eigenvalue weighted by atomic mass is 10.3. The second-order valence-corrected chi connectivity index (χ2v) is 4.92. The van der Waals surface area contributed by atoms with E-state index in [4.69, 9.17) is 0 Å². The molecule has 0 aliphatic carbocycles. The van der Waals surface area contributed by atoms with Crippen molar-refractivity contribution < 1.29 is 4.39 Å². The van der Waals surface area contributed by atoms with Crippen molar-refractivity contribution in [2.24, 2.45) is 0 Å². The van der Waals surface area contributed by atoms with E-state index in [9.17, 15) is 4.39 Å². The van der Waals surface area contributed by atoms with Crippen LogP contribution >= 0.6 is 15.9 Å². The third-order valence-electron chi connectivity index (χ3n) is 2.74. The molecular weight excluding hydrogens is 287 g/mol. The van der Waals surface area contributed by atoms with Crippen molar-refractivity contribution >= 4 is 21.7 Å². The number of piperazine rings is 1. The monoisotopic (exact) mass is 302 g/mol. The molecule has 17 heavy (non-hydrogen) atoms. The van der Waals surface area contributed by atoms with Gasteiger partial charge in [0.05, 0.1) is 0 Å². The van der Waals surface area contributed by atoms with Gasteiger partial charge in [0.2, 0.25) is 0 Å². The second kappa shape index (κ2) is 6.28. The highest BCUT2D eigenvalue weighted by Gasteiger charge is 2.09. The first kappa shape index (κ1) is 12.7. The van der Waals surface area contributed by atoms with Gasteiger partial charge < -0.3 is 10.6 Å². The Kier molecular flexibility index (Phi) is 4.70. The lowest BCUT2D eigenvalue weighted by Gasteiger charge is -2.27. The van der Waals surface area contributed by atoms with Gasteiger partial charge in [0.1, 0.15) is 0 Å². The first-order valence-corrected chi connectivity index (χ1v) is 6.53. The second-order valence-electron chi connectivity index (χ2n) is 4.00. The smallest absolute Gasteiger partial charge is 0.166 e. The minimum Gasteiger partial charge on any atom is -0.366 e. The number of rotatable bonds is 4. The molecule has 2 N–H and O–H groups in total. The van der Waals surface area contributed by atoms with Crippen LogP contribution in [0.15, 0.2) is 16.7 Å². The summed E-state index contributed by atoms with van der Waals surface area (Å²) in [6.07, 6.45) is 1.59. The number of hydrogen-bond acceptors (Lipinski definition) is 4. The number of nitrogens with zero attached hydrogens (tertiary/aromatic N) is 2. The van der Waals surface area contributed by atoms with E-state index in [1.165, 1.54) is 6.07 Å². The lowest BCUT2D eigenvalue weighted by Crippen LogP contribution is -2.45. The van der Waals surface area contributed by atoms with Crippen LogP contribution in [0.25, 0.3) is 0 Å². The van der Waals surface area contributed by atoms with Gasteiger partial charge in [0.25, 0.3) is 0 Å². The third-order valence-corrected chi connectivity index (χ3v) is 3.17. The first-order valence-electron chi connectivity index (χ1n) is 5.74. The summed E-state index contributed by atoms with van der Waals surface area (Å²) in [4.78, 5) is 6.34. The molecule has 94 valence electrons. The van der Waals surface area contributed by atoms with Gasteiger partial charge >= 0.3 is 0 Å². The Hall–Kier alpha value is -0.720. The molecule has 0 saturated carbocycles. The summed E-state index contributed by atoms with van der Waals surface area (Å²) in [5, 5.41) is 6.32. The molecule has 1 fully saturated rings. The zero-order valence-electron chi connectivity index (χ0n) is 9.55. The van der Waals surface area contributed by atoms with Gasteiger partial charge in [-0.15, -0.1) is 0 Å². The fourth-order valence-electron chi connectivity index (χ4n) is 1.81. The molecule has 0 spiro atoms. The van der Waals surface area contributed by atoms with Crippen LogP contribution in [0, 0.1) is 5.82 Å². The summed E-state index contributed by atoms with van der Waals surface area (Å²) >= 11 is 3.18.